The van der Waals surface area contributed by atoms with Gasteiger partial charge < -0.3 is 15.3 Å². The van der Waals surface area contributed by atoms with Crippen molar-refractivity contribution in [2.45, 2.75) is 57.9 Å². The highest BCUT2D eigenvalue weighted by Gasteiger charge is 2.46. The first kappa shape index (κ1) is 15.3. The maximum atomic E-state index is 12.5. The third kappa shape index (κ3) is 3.14. The second-order valence-electron chi connectivity index (χ2n) is 6.20. The van der Waals surface area contributed by atoms with Crippen LogP contribution in [-0.2, 0) is 9.59 Å². The average Bonchev–Trinajstić information content (AvgIpc) is 2.68. The molecule has 2 heterocycles. The fourth-order valence-corrected chi connectivity index (χ4v) is 3.48. The molecule has 0 saturated carbocycles. The van der Waals surface area contributed by atoms with Gasteiger partial charge in [-0.25, -0.2) is 0 Å². The van der Waals surface area contributed by atoms with Crippen LogP contribution in [0.4, 0.5) is 0 Å². The molecule has 0 aromatic heterocycles. The smallest absolute Gasteiger partial charge is 0.311 e. The zero-order valence-electron chi connectivity index (χ0n) is 12.4. The summed E-state index contributed by atoms with van der Waals surface area (Å²) in [7, 11) is 0. The number of aliphatic carboxylic acids is 1. The van der Waals surface area contributed by atoms with Crippen molar-refractivity contribution in [3.05, 3.63) is 0 Å². The highest BCUT2D eigenvalue weighted by atomic mass is 16.4. The Balaban J connectivity index is 2.00. The molecule has 2 aliphatic rings. The Morgan fingerprint density at radius 3 is 2.85 bits per heavy atom. The molecular formula is C15H26N2O3. The van der Waals surface area contributed by atoms with Gasteiger partial charge >= 0.3 is 5.97 Å². The Kier molecular flexibility index (Phi) is 5.02. The first-order valence-electron chi connectivity index (χ1n) is 7.84. The molecule has 2 aliphatic heterocycles. The van der Waals surface area contributed by atoms with Gasteiger partial charge in [0.05, 0.1) is 11.5 Å². The van der Waals surface area contributed by atoms with Gasteiger partial charge in [0.1, 0.15) is 0 Å². The summed E-state index contributed by atoms with van der Waals surface area (Å²) in [5.74, 6) is -0.644. The topological polar surface area (TPSA) is 69.6 Å². The highest BCUT2D eigenvalue weighted by Crippen LogP contribution is 2.36. The Morgan fingerprint density at radius 1 is 1.35 bits per heavy atom. The lowest BCUT2D eigenvalue weighted by atomic mass is 9.83. The quantitative estimate of drug-likeness (QED) is 0.822. The maximum Gasteiger partial charge on any atom is 0.311 e. The first-order chi connectivity index (χ1) is 9.59. The number of hydrogen-bond donors (Lipinski definition) is 2. The molecule has 2 N–H and O–H groups in total. The molecule has 0 bridgehead atoms. The minimum Gasteiger partial charge on any atom is -0.481 e. The van der Waals surface area contributed by atoms with Gasteiger partial charge in [0.15, 0.2) is 0 Å². The van der Waals surface area contributed by atoms with E-state index in [0.717, 1.165) is 32.2 Å². The summed E-state index contributed by atoms with van der Waals surface area (Å²) in [6.45, 7) is 3.86. The van der Waals surface area contributed by atoms with Gasteiger partial charge in [-0.1, -0.05) is 26.2 Å². The van der Waals surface area contributed by atoms with Gasteiger partial charge in [-0.3, -0.25) is 9.59 Å². The summed E-state index contributed by atoms with van der Waals surface area (Å²) in [6, 6.07) is -0.108. The largest absolute Gasteiger partial charge is 0.481 e. The minimum absolute atomic E-state index is 0.103. The number of carboxylic acid groups (broad SMARTS) is 1. The Labute approximate surface area is 120 Å². The molecule has 0 aromatic rings. The van der Waals surface area contributed by atoms with Crippen LogP contribution in [-0.4, -0.2) is 47.6 Å². The zero-order valence-corrected chi connectivity index (χ0v) is 12.4. The van der Waals surface area contributed by atoms with Gasteiger partial charge in [-0.15, -0.1) is 0 Å². The average molecular weight is 282 g/mol. The van der Waals surface area contributed by atoms with Crippen molar-refractivity contribution < 1.29 is 14.7 Å². The van der Waals surface area contributed by atoms with E-state index in [4.69, 9.17) is 0 Å². The predicted molar refractivity (Wildman–Crippen MR) is 76.4 cm³/mol. The molecule has 0 radical (unpaired) electrons. The third-order valence-electron chi connectivity index (χ3n) is 4.71. The van der Waals surface area contributed by atoms with Gasteiger partial charge in [-0.2, -0.15) is 0 Å². The Bertz CT molecular complexity index is 364. The molecule has 5 heteroatoms. The molecule has 2 fully saturated rings. The van der Waals surface area contributed by atoms with Crippen molar-refractivity contribution >= 4 is 11.9 Å². The van der Waals surface area contributed by atoms with Crippen molar-refractivity contribution in [2.24, 2.45) is 5.41 Å². The number of carbonyl (C=O) groups excluding carboxylic acids is 1. The molecule has 2 atom stereocenters. The van der Waals surface area contributed by atoms with Crippen molar-refractivity contribution in [3.63, 3.8) is 0 Å². The summed E-state index contributed by atoms with van der Waals surface area (Å²) in [6.07, 6.45) is 6.35. The van der Waals surface area contributed by atoms with Crippen molar-refractivity contribution in [1.29, 1.82) is 0 Å². The third-order valence-corrected chi connectivity index (χ3v) is 4.71. The maximum absolute atomic E-state index is 12.5. The fraction of sp³-hybridized carbons (Fsp3) is 0.867. The van der Waals surface area contributed by atoms with Crippen LogP contribution in [0.5, 0.6) is 0 Å². The van der Waals surface area contributed by atoms with E-state index in [0.29, 0.717) is 25.9 Å². The summed E-state index contributed by atoms with van der Waals surface area (Å²) >= 11 is 0. The molecular weight excluding hydrogens is 256 g/mol. The number of nitrogens with one attached hydrogen (secondary N) is 1. The molecule has 2 saturated heterocycles. The number of likely N-dealkylation sites (tertiary alicyclic amines) is 1. The van der Waals surface area contributed by atoms with Crippen molar-refractivity contribution in [3.8, 4) is 0 Å². The summed E-state index contributed by atoms with van der Waals surface area (Å²) < 4.78 is 0. The van der Waals surface area contributed by atoms with Crippen LogP contribution in [0.2, 0.25) is 0 Å². The molecule has 2 unspecified atom stereocenters. The van der Waals surface area contributed by atoms with Crippen LogP contribution in [0.25, 0.3) is 0 Å². The lowest BCUT2D eigenvalue weighted by Gasteiger charge is -2.26. The van der Waals surface area contributed by atoms with Crippen LogP contribution in [0, 0.1) is 5.41 Å². The van der Waals surface area contributed by atoms with E-state index in [1.807, 2.05) is 6.92 Å². The number of hydrogen-bond acceptors (Lipinski definition) is 3. The van der Waals surface area contributed by atoms with Crippen molar-refractivity contribution in [2.75, 3.05) is 19.6 Å². The second-order valence-corrected chi connectivity index (χ2v) is 6.20. The van der Waals surface area contributed by atoms with Gasteiger partial charge in [-0.05, 0) is 32.2 Å². The van der Waals surface area contributed by atoms with Crippen LogP contribution in [0.3, 0.4) is 0 Å². The predicted octanol–water partition coefficient (Wildman–Crippen LogP) is 1.62. The lowest BCUT2D eigenvalue weighted by molar-refractivity contribution is -0.149. The molecule has 1 amide bonds. The SMILES string of the molecule is CCCC1(C(=O)O)CCN(C(=O)C2CCCCCN2)C1. The second kappa shape index (κ2) is 6.57. The van der Waals surface area contributed by atoms with Gasteiger partial charge in [0.2, 0.25) is 5.91 Å². The van der Waals surface area contributed by atoms with E-state index in [2.05, 4.69) is 5.32 Å². The number of carboxylic acids is 1. The van der Waals surface area contributed by atoms with E-state index in [9.17, 15) is 14.7 Å². The van der Waals surface area contributed by atoms with Crippen LogP contribution >= 0.6 is 0 Å². The lowest BCUT2D eigenvalue weighted by Crippen LogP contribution is -2.46. The fourth-order valence-electron chi connectivity index (χ4n) is 3.48. The number of carbonyl (C=O) groups is 2. The Hall–Kier alpha value is -1.10. The molecule has 0 aliphatic carbocycles. The van der Waals surface area contributed by atoms with E-state index in [1.54, 1.807) is 4.90 Å². The van der Waals surface area contributed by atoms with Crippen LogP contribution in [0.15, 0.2) is 0 Å². The zero-order chi connectivity index (χ0) is 14.6. The molecule has 5 nitrogen and oxygen atoms in total. The van der Waals surface area contributed by atoms with Gasteiger partial charge in [0.25, 0.3) is 0 Å². The number of rotatable bonds is 4. The van der Waals surface area contributed by atoms with E-state index < -0.39 is 11.4 Å². The summed E-state index contributed by atoms with van der Waals surface area (Å²) in [5, 5.41) is 12.8. The van der Waals surface area contributed by atoms with E-state index in [-0.39, 0.29) is 11.9 Å². The molecule has 114 valence electrons. The number of amides is 1. The molecule has 0 spiro atoms. The summed E-state index contributed by atoms with van der Waals surface area (Å²) in [4.78, 5) is 25.9. The van der Waals surface area contributed by atoms with E-state index >= 15 is 0 Å². The van der Waals surface area contributed by atoms with Crippen LogP contribution < -0.4 is 5.32 Å². The summed E-state index contributed by atoms with van der Waals surface area (Å²) in [5.41, 5.74) is -0.713. The standard InChI is InChI=1S/C15H26N2O3/c1-2-7-15(14(19)20)8-10-17(11-15)13(18)12-6-4-3-5-9-16-12/h12,16H,2-11H2,1H3,(H,19,20). The van der Waals surface area contributed by atoms with Gasteiger partial charge in [0, 0.05) is 13.1 Å². The van der Waals surface area contributed by atoms with E-state index in [1.165, 1.54) is 6.42 Å². The first-order valence-corrected chi connectivity index (χ1v) is 7.84. The minimum atomic E-state index is -0.747. The monoisotopic (exact) mass is 282 g/mol. The molecule has 0 aromatic carbocycles. The van der Waals surface area contributed by atoms with Crippen LogP contribution in [0.1, 0.15) is 51.9 Å². The normalized spacial score (nSPS) is 31.1. The molecule has 20 heavy (non-hydrogen) atoms. The highest BCUT2D eigenvalue weighted by molar-refractivity contribution is 5.84. The molecule has 2 rings (SSSR count). The van der Waals surface area contributed by atoms with Crippen molar-refractivity contribution in [1.82, 2.24) is 10.2 Å². The Morgan fingerprint density at radius 2 is 2.15 bits per heavy atom. The number of nitrogens with zero attached hydrogens (tertiary/aromatic N) is 1.